The summed E-state index contributed by atoms with van der Waals surface area (Å²) in [6.45, 7) is 6.31. The van der Waals surface area contributed by atoms with Crippen LogP contribution in [0, 0.1) is 0 Å². The van der Waals surface area contributed by atoms with E-state index in [4.69, 9.17) is 0 Å². The Labute approximate surface area is 143 Å². The van der Waals surface area contributed by atoms with Crippen LogP contribution in [-0.4, -0.2) is 47.2 Å². The van der Waals surface area contributed by atoms with E-state index >= 15 is 0 Å². The van der Waals surface area contributed by atoms with Crippen LogP contribution in [0.5, 0.6) is 0 Å². The molecule has 1 aromatic heterocycles. The number of nitrogens with zero attached hydrogens (tertiary/aromatic N) is 2. The van der Waals surface area contributed by atoms with Crippen LogP contribution in [0.1, 0.15) is 43.1 Å². The Morgan fingerprint density at radius 1 is 1.33 bits per heavy atom. The van der Waals surface area contributed by atoms with Crippen molar-refractivity contribution >= 4 is 16.8 Å². The summed E-state index contributed by atoms with van der Waals surface area (Å²) in [5.74, 6) is -0.121. The van der Waals surface area contributed by atoms with Gasteiger partial charge < -0.3 is 10.2 Å². The number of nitrogens with one attached hydrogen (secondary N) is 2. The molecule has 0 atom stereocenters. The summed E-state index contributed by atoms with van der Waals surface area (Å²) in [7, 11) is 0. The van der Waals surface area contributed by atoms with E-state index in [1.54, 1.807) is 0 Å². The number of para-hydroxylation sites is 1. The fourth-order valence-electron chi connectivity index (χ4n) is 3.16. The van der Waals surface area contributed by atoms with Gasteiger partial charge >= 0.3 is 0 Å². The molecule has 0 unspecified atom stereocenters. The lowest BCUT2D eigenvalue weighted by molar-refractivity contribution is 0.0954. The van der Waals surface area contributed by atoms with Crippen LogP contribution >= 0.6 is 0 Å². The predicted molar refractivity (Wildman–Crippen MR) is 97.1 cm³/mol. The largest absolute Gasteiger partial charge is 0.347 e. The van der Waals surface area contributed by atoms with Crippen LogP contribution in [0.15, 0.2) is 35.9 Å². The Morgan fingerprint density at radius 3 is 2.92 bits per heavy atom. The van der Waals surface area contributed by atoms with Gasteiger partial charge in [0, 0.05) is 25.0 Å². The fourth-order valence-corrected chi connectivity index (χ4v) is 3.16. The standard InChI is InChI=1S/C19H26N4O/c1-2-3-12-23-13-9-15(10-14-23)8-11-20-19(24)18-16-6-4-5-7-17(16)21-22-18/h4-8H,2-3,9-14H2,1H3,(H,20,24)(H,21,22). The zero-order valence-corrected chi connectivity index (χ0v) is 14.3. The number of hydrogen-bond acceptors (Lipinski definition) is 3. The third kappa shape index (κ3) is 4.03. The Morgan fingerprint density at radius 2 is 2.12 bits per heavy atom. The Bertz CT molecular complexity index is 709. The SMILES string of the molecule is CCCCN1CCC(=CCNC(=O)c2n[nH]c3ccccc23)CC1. The summed E-state index contributed by atoms with van der Waals surface area (Å²) in [5.41, 5.74) is 2.81. The minimum atomic E-state index is -0.121. The van der Waals surface area contributed by atoms with E-state index in [0.29, 0.717) is 12.2 Å². The molecule has 0 spiro atoms. The molecule has 5 nitrogen and oxygen atoms in total. The molecule has 1 aliphatic heterocycles. The quantitative estimate of drug-likeness (QED) is 0.802. The number of carbonyl (C=O) groups is 1. The van der Waals surface area contributed by atoms with Crippen molar-refractivity contribution in [2.75, 3.05) is 26.2 Å². The van der Waals surface area contributed by atoms with Crippen LogP contribution in [0.3, 0.4) is 0 Å². The molecule has 2 N–H and O–H groups in total. The van der Waals surface area contributed by atoms with Gasteiger partial charge in [-0.25, -0.2) is 0 Å². The van der Waals surface area contributed by atoms with Crippen molar-refractivity contribution in [3.05, 3.63) is 41.6 Å². The minimum Gasteiger partial charge on any atom is -0.347 e. The van der Waals surface area contributed by atoms with E-state index in [2.05, 4.69) is 33.4 Å². The number of hydrogen-bond donors (Lipinski definition) is 2. The van der Waals surface area contributed by atoms with Crippen LogP contribution < -0.4 is 5.32 Å². The maximum Gasteiger partial charge on any atom is 0.272 e. The molecule has 0 bridgehead atoms. The molecule has 1 fully saturated rings. The maximum absolute atomic E-state index is 12.3. The topological polar surface area (TPSA) is 61.0 Å². The third-order valence-corrected chi connectivity index (χ3v) is 4.66. The third-order valence-electron chi connectivity index (χ3n) is 4.66. The van der Waals surface area contributed by atoms with Gasteiger partial charge in [0.15, 0.2) is 5.69 Å². The number of aromatic amines is 1. The van der Waals surface area contributed by atoms with Crippen molar-refractivity contribution in [3.63, 3.8) is 0 Å². The average Bonchev–Trinajstić information content (AvgIpc) is 3.05. The van der Waals surface area contributed by atoms with Gasteiger partial charge in [-0.05, 0) is 31.9 Å². The van der Waals surface area contributed by atoms with E-state index in [1.807, 2.05) is 24.3 Å². The number of likely N-dealkylation sites (tertiary alicyclic amines) is 1. The number of aromatic nitrogens is 2. The maximum atomic E-state index is 12.3. The highest BCUT2D eigenvalue weighted by Crippen LogP contribution is 2.17. The lowest BCUT2D eigenvalue weighted by atomic mass is 10.0. The number of rotatable bonds is 6. The number of H-pyrrole nitrogens is 1. The second kappa shape index (κ2) is 8.11. The molecule has 1 saturated heterocycles. The molecule has 24 heavy (non-hydrogen) atoms. The number of piperidine rings is 1. The molecule has 2 heterocycles. The van der Waals surface area contributed by atoms with Crippen molar-refractivity contribution in [2.45, 2.75) is 32.6 Å². The summed E-state index contributed by atoms with van der Waals surface area (Å²) in [5, 5.41) is 10.9. The molecule has 3 rings (SSSR count). The van der Waals surface area contributed by atoms with E-state index < -0.39 is 0 Å². The number of unbranched alkanes of at least 4 members (excludes halogenated alkanes) is 1. The first-order valence-corrected chi connectivity index (χ1v) is 8.89. The van der Waals surface area contributed by atoms with Gasteiger partial charge in [0.2, 0.25) is 0 Å². The van der Waals surface area contributed by atoms with Crippen molar-refractivity contribution < 1.29 is 4.79 Å². The van der Waals surface area contributed by atoms with Crippen LogP contribution in [0.25, 0.3) is 10.9 Å². The highest BCUT2D eigenvalue weighted by atomic mass is 16.1. The molecular formula is C19H26N4O. The lowest BCUT2D eigenvalue weighted by Crippen LogP contribution is -2.32. The number of benzene rings is 1. The van der Waals surface area contributed by atoms with Crippen molar-refractivity contribution in [1.29, 1.82) is 0 Å². The summed E-state index contributed by atoms with van der Waals surface area (Å²) in [4.78, 5) is 14.8. The monoisotopic (exact) mass is 326 g/mol. The summed E-state index contributed by atoms with van der Waals surface area (Å²) in [6.07, 6.45) is 6.94. The van der Waals surface area contributed by atoms with Crippen LogP contribution in [0.4, 0.5) is 0 Å². The van der Waals surface area contributed by atoms with Gasteiger partial charge in [-0.2, -0.15) is 5.10 Å². The molecule has 1 amide bonds. The molecule has 0 aliphatic carbocycles. The normalized spacial score (nSPS) is 15.6. The second-order valence-electron chi connectivity index (χ2n) is 6.39. The summed E-state index contributed by atoms with van der Waals surface area (Å²) < 4.78 is 0. The predicted octanol–water partition coefficient (Wildman–Crippen LogP) is 3.12. The molecule has 0 saturated carbocycles. The van der Waals surface area contributed by atoms with Crippen molar-refractivity contribution in [2.24, 2.45) is 0 Å². The van der Waals surface area contributed by atoms with Crippen molar-refractivity contribution in [1.82, 2.24) is 20.4 Å². The van der Waals surface area contributed by atoms with Gasteiger partial charge in [0.1, 0.15) is 0 Å². The highest BCUT2D eigenvalue weighted by Gasteiger charge is 2.14. The summed E-state index contributed by atoms with van der Waals surface area (Å²) >= 11 is 0. The highest BCUT2D eigenvalue weighted by molar-refractivity contribution is 6.04. The van der Waals surface area contributed by atoms with Gasteiger partial charge in [0.25, 0.3) is 5.91 Å². The summed E-state index contributed by atoms with van der Waals surface area (Å²) in [6, 6.07) is 7.69. The van der Waals surface area contributed by atoms with E-state index in [9.17, 15) is 4.79 Å². The van der Waals surface area contributed by atoms with Gasteiger partial charge in [0.05, 0.1) is 5.52 Å². The van der Waals surface area contributed by atoms with E-state index in [1.165, 1.54) is 25.0 Å². The molecule has 128 valence electrons. The van der Waals surface area contributed by atoms with E-state index in [-0.39, 0.29) is 5.91 Å². The minimum absolute atomic E-state index is 0.121. The first-order valence-electron chi connectivity index (χ1n) is 8.89. The van der Waals surface area contributed by atoms with Gasteiger partial charge in [-0.15, -0.1) is 0 Å². The number of carbonyl (C=O) groups excluding carboxylic acids is 1. The smallest absolute Gasteiger partial charge is 0.272 e. The van der Waals surface area contributed by atoms with Gasteiger partial charge in [-0.1, -0.05) is 43.2 Å². The molecule has 0 radical (unpaired) electrons. The average molecular weight is 326 g/mol. The number of fused-ring (bicyclic) bond motifs is 1. The molecule has 1 aliphatic rings. The van der Waals surface area contributed by atoms with Crippen LogP contribution in [0.2, 0.25) is 0 Å². The van der Waals surface area contributed by atoms with E-state index in [0.717, 1.165) is 36.8 Å². The fraction of sp³-hybridized carbons (Fsp3) is 0.474. The second-order valence-corrected chi connectivity index (χ2v) is 6.39. The Balaban J connectivity index is 1.49. The van der Waals surface area contributed by atoms with Crippen molar-refractivity contribution in [3.8, 4) is 0 Å². The van der Waals surface area contributed by atoms with Crippen LogP contribution in [-0.2, 0) is 0 Å². The first kappa shape index (κ1) is 16.7. The lowest BCUT2D eigenvalue weighted by Gasteiger charge is -2.28. The molecular weight excluding hydrogens is 300 g/mol. The molecule has 1 aromatic carbocycles. The molecule has 2 aromatic rings. The zero-order valence-electron chi connectivity index (χ0n) is 14.3. The van der Waals surface area contributed by atoms with Gasteiger partial charge in [-0.3, -0.25) is 9.89 Å². The Hall–Kier alpha value is -2.14. The molecule has 5 heteroatoms. The first-order chi connectivity index (χ1) is 11.8. The Kier molecular flexibility index (Phi) is 5.64. The number of amides is 1. The zero-order chi connectivity index (χ0) is 16.8.